The molecule has 0 aromatic carbocycles. The normalized spacial score (nSPS) is 35.2. The van der Waals surface area contributed by atoms with E-state index in [0.29, 0.717) is 24.9 Å². The predicted octanol–water partition coefficient (Wildman–Crippen LogP) is 3.93. The number of halogens is 1. The van der Waals surface area contributed by atoms with E-state index in [1.54, 1.807) is 0 Å². The zero-order valence-corrected chi connectivity index (χ0v) is 23.8. The summed E-state index contributed by atoms with van der Waals surface area (Å²) in [4.78, 5) is 32.8. The number of likely N-dealkylation sites (tertiary alicyclic amines) is 1. The van der Waals surface area contributed by atoms with E-state index in [1.165, 1.54) is 5.57 Å². The quantitative estimate of drug-likeness (QED) is 0.479. The summed E-state index contributed by atoms with van der Waals surface area (Å²) in [5.74, 6) is 0.968. The van der Waals surface area contributed by atoms with Gasteiger partial charge in [0, 0.05) is 56.3 Å². The Hall–Kier alpha value is -1.15. The topological polar surface area (TPSA) is 82.1 Å². The molecular weight excluding hydrogens is 502 g/mol. The van der Waals surface area contributed by atoms with E-state index in [9.17, 15) is 14.7 Å². The molecule has 38 heavy (non-hydrogen) atoms. The number of nitrogens with zero attached hydrogens (tertiary/aromatic N) is 2. The Morgan fingerprint density at radius 3 is 2.47 bits per heavy atom. The van der Waals surface area contributed by atoms with Crippen molar-refractivity contribution in [2.75, 3.05) is 52.5 Å². The summed E-state index contributed by atoms with van der Waals surface area (Å²) in [6.45, 7) is 5.65. The average molecular weight is 550 g/mol. The van der Waals surface area contributed by atoms with Gasteiger partial charge < -0.3 is 20.1 Å². The van der Waals surface area contributed by atoms with Crippen molar-refractivity contribution in [1.82, 2.24) is 15.1 Å². The van der Waals surface area contributed by atoms with Crippen molar-refractivity contribution in [2.24, 2.45) is 29.6 Å². The fraction of sp³-hybridized carbons (Fsp3) is 0.867. The Morgan fingerprint density at radius 1 is 1.00 bits per heavy atom. The standard InChI is InChI=1S/C30H48ClN3O4/c31-26-8-4-1-5-23(26)19-34-28(22-11-9-21(20-35)10-12-22)27(24-6-2-3-7-25(24)30(34)37)29(36)32-13-14-33-15-17-38-18-16-33/h21-22,24-25,27-28,35H,1-20H2,(H,32,36)/t21?,22?,24?,25?,27-,28+/m1/s1. The van der Waals surface area contributed by atoms with Crippen LogP contribution in [-0.4, -0.2) is 85.3 Å². The van der Waals surface area contributed by atoms with Gasteiger partial charge >= 0.3 is 0 Å². The van der Waals surface area contributed by atoms with Crippen LogP contribution < -0.4 is 5.32 Å². The van der Waals surface area contributed by atoms with Crippen molar-refractivity contribution in [2.45, 2.75) is 83.1 Å². The summed E-state index contributed by atoms with van der Waals surface area (Å²) < 4.78 is 5.47. The van der Waals surface area contributed by atoms with E-state index in [2.05, 4.69) is 15.1 Å². The molecule has 0 radical (unpaired) electrons. The molecule has 5 aliphatic rings. The number of morpholine rings is 1. The summed E-state index contributed by atoms with van der Waals surface area (Å²) in [7, 11) is 0. The zero-order valence-electron chi connectivity index (χ0n) is 23.1. The number of hydrogen-bond acceptors (Lipinski definition) is 5. The molecule has 5 rings (SSSR count). The lowest BCUT2D eigenvalue weighted by Gasteiger charge is -2.53. The number of ether oxygens (including phenoxy) is 1. The third kappa shape index (κ3) is 6.42. The van der Waals surface area contributed by atoms with Crippen LogP contribution >= 0.6 is 11.6 Å². The van der Waals surface area contributed by atoms with Crippen molar-refractivity contribution in [3.05, 3.63) is 10.6 Å². The van der Waals surface area contributed by atoms with Gasteiger partial charge in [-0.1, -0.05) is 24.4 Å². The van der Waals surface area contributed by atoms with E-state index in [1.807, 2.05) is 0 Å². The molecule has 2 saturated heterocycles. The van der Waals surface area contributed by atoms with Gasteiger partial charge in [-0.05, 0) is 87.5 Å². The molecule has 0 aromatic heterocycles. The minimum absolute atomic E-state index is 0.0493. The van der Waals surface area contributed by atoms with E-state index < -0.39 is 0 Å². The van der Waals surface area contributed by atoms with Crippen LogP contribution in [0.3, 0.4) is 0 Å². The molecule has 2 saturated carbocycles. The molecule has 2 unspecified atom stereocenters. The summed E-state index contributed by atoms with van der Waals surface area (Å²) in [5.41, 5.74) is 1.21. The highest BCUT2D eigenvalue weighted by Crippen LogP contribution is 2.48. The summed E-state index contributed by atoms with van der Waals surface area (Å²) in [6, 6.07) is -0.0798. The number of amides is 2. The fourth-order valence-corrected chi connectivity index (χ4v) is 8.37. The number of fused-ring (bicyclic) bond motifs is 1. The lowest BCUT2D eigenvalue weighted by atomic mass is 9.61. The van der Waals surface area contributed by atoms with Crippen LogP contribution in [0.2, 0.25) is 0 Å². The monoisotopic (exact) mass is 549 g/mol. The van der Waals surface area contributed by atoms with Crippen molar-refractivity contribution in [1.29, 1.82) is 0 Å². The van der Waals surface area contributed by atoms with Gasteiger partial charge in [0.05, 0.1) is 19.1 Å². The molecule has 2 N–H and O–H groups in total. The minimum Gasteiger partial charge on any atom is -0.396 e. The second-order valence-corrected chi connectivity index (χ2v) is 12.9. The summed E-state index contributed by atoms with van der Waals surface area (Å²) >= 11 is 6.72. The summed E-state index contributed by atoms with van der Waals surface area (Å²) in [5, 5.41) is 14.0. The van der Waals surface area contributed by atoms with Crippen LogP contribution in [0.15, 0.2) is 10.6 Å². The maximum absolute atomic E-state index is 14.2. The second-order valence-electron chi connectivity index (χ2n) is 12.5. The number of carbonyl (C=O) groups is 2. The van der Waals surface area contributed by atoms with Gasteiger partial charge in [0.25, 0.3) is 0 Å². The van der Waals surface area contributed by atoms with Gasteiger partial charge in [-0.3, -0.25) is 14.5 Å². The lowest BCUT2D eigenvalue weighted by Crippen LogP contribution is -2.64. The van der Waals surface area contributed by atoms with Gasteiger partial charge in [0.15, 0.2) is 0 Å². The molecular formula is C30H48ClN3O4. The van der Waals surface area contributed by atoms with Crippen LogP contribution in [0.25, 0.3) is 0 Å². The minimum atomic E-state index is -0.165. The first-order valence-corrected chi connectivity index (χ1v) is 15.8. The van der Waals surface area contributed by atoms with Crippen molar-refractivity contribution < 1.29 is 19.4 Å². The number of carbonyl (C=O) groups excluding carboxylic acids is 2. The molecule has 2 aliphatic heterocycles. The molecule has 4 fully saturated rings. The second kappa shape index (κ2) is 13.5. The van der Waals surface area contributed by atoms with Gasteiger partial charge in [-0.15, -0.1) is 0 Å². The van der Waals surface area contributed by atoms with Gasteiger partial charge in [0.2, 0.25) is 11.8 Å². The fourth-order valence-electron chi connectivity index (χ4n) is 8.08. The maximum atomic E-state index is 14.2. The number of hydrogen-bond donors (Lipinski definition) is 2. The molecule has 0 bridgehead atoms. The number of aliphatic hydroxyl groups excluding tert-OH is 1. The predicted molar refractivity (Wildman–Crippen MR) is 149 cm³/mol. The van der Waals surface area contributed by atoms with Crippen LogP contribution in [-0.2, 0) is 14.3 Å². The average Bonchev–Trinajstić information content (AvgIpc) is 2.96. The van der Waals surface area contributed by atoms with Crippen molar-refractivity contribution in [3.63, 3.8) is 0 Å². The highest BCUT2D eigenvalue weighted by Gasteiger charge is 2.54. The third-order valence-electron chi connectivity index (χ3n) is 10.2. The van der Waals surface area contributed by atoms with Gasteiger partial charge in [-0.25, -0.2) is 0 Å². The molecule has 7 nitrogen and oxygen atoms in total. The number of allylic oxidation sites excluding steroid dienone is 1. The Morgan fingerprint density at radius 2 is 1.74 bits per heavy atom. The van der Waals surface area contributed by atoms with E-state index in [4.69, 9.17) is 16.3 Å². The van der Waals surface area contributed by atoms with E-state index in [0.717, 1.165) is 115 Å². The molecule has 2 heterocycles. The Balaban J connectivity index is 1.40. The third-order valence-corrected chi connectivity index (χ3v) is 10.7. The molecule has 214 valence electrons. The first-order chi connectivity index (χ1) is 18.6. The van der Waals surface area contributed by atoms with Crippen molar-refractivity contribution >= 4 is 23.4 Å². The molecule has 4 atom stereocenters. The van der Waals surface area contributed by atoms with Crippen LogP contribution in [0.1, 0.15) is 77.0 Å². The van der Waals surface area contributed by atoms with Crippen LogP contribution in [0, 0.1) is 29.6 Å². The molecule has 0 spiro atoms. The molecule has 8 heteroatoms. The highest BCUT2D eigenvalue weighted by atomic mass is 35.5. The zero-order chi connectivity index (χ0) is 26.5. The number of rotatable bonds is 8. The highest BCUT2D eigenvalue weighted by molar-refractivity contribution is 6.30. The first-order valence-electron chi connectivity index (χ1n) is 15.4. The Kier molecular flexibility index (Phi) is 10.1. The van der Waals surface area contributed by atoms with Gasteiger partial charge in [-0.2, -0.15) is 0 Å². The Bertz CT molecular complexity index is 852. The molecule has 2 amide bonds. The Labute approximate surface area is 233 Å². The molecule has 0 aromatic rings. The van der Waals surface area contributed by atoms with E-state index in [-0.39, 0.29) is 42.2 Å². The number of nitrogens with one attached hydrogen (secondary N) is 1. The summed E-state index contributed by atoms with van der Waals surface area (Å²) in [6.07, 6.45) is 12.0. The maximum Gasteiger partial charge on any atom is 0.226 e. The number of piperidine rings is 1. The number of aliphatic hydroxyl groups is 1. The molecule has 3 aliphatic carbocycles. The SMILES string of the molecule is O=C(NCCN1CCOCC1)[C@@H]1C2CCCCC2C(=O)N(CC2=C(Cl)CCCC2)[C@H]1C1CCC(CO)CC1. The van der Waals surface area contributed by atoms with Crippen LogP contribution in [0.5, 0.6) is 0 Å². The smallest absolute Gasteiger partial charge is 0.226 e. The van der Waals surface area contributed by atoms with E-state index >= 15 is 0 Å². The largest absolute Gasteiger partial charge is 0.396 e. The van der Waals surface area contributed by atoms with Crippen molar-refractivity contribution in [3.8, 4) is 0 Å². The first kappa shape index (κ1) is 28.4. The van der Waals surface area contributed by atoms with Gasteiger partial charge in [0.1, 0.15) is 0 Å². The van der Waals surface area contributed by atoms with Crippen LogP contribution in [0.4, 0.5) is 0 Å². The lowest BCUT2D eigenvalue weighted by molar-refractivity contribution is -0.160.